The van der Waals surface area contributed by atoms with Crippen molar-refractivity contribution >= 4 is 46.4 Å². The van der Waals surface area contributed by atoms with Gasteiger partial charge >= 0.3 is 0 Å². The van der Waals surface area contributed by atoms with Crippen LogP contribution in [0, 0.1) is 11.6 Å². The van der Waals surface area contributed by atoms with E-state index in [1.807, 2.05) is 0 Å². The SMILES string of the molecule is O=C(Nc1cc(NC(=O)C(Cl)Cl)c(F)cc1F)c1ccccc1. The molecule has 2 aromatic carbocycles. The van der Waals surface area contributed by atoms with E-state index >= 15 is 0 Å². The first-order valence-electron chi connectivity index (χ1n) is 6.33. The van der Waals surface area contributed by atoms with Crippen molar-refractivity contribution in [3.63, 3.8) is 0 Å². The third-order valence-corrected chi connectivity index (χ3v) is 3.19. The third-order valence-electron chi connectivity index (χ3n) is 2.80. The van der Waals surface area contributed by atoms with Gasteiger partial charge in [0.05, 0.1) is 11.4 Å². The molecule has 0 spiro atoms. The van der Waals surface area contributed by atoms with Crippen LogP contribution in [-0.4, -0.2) is 16.7 Å². The highest BCUT2D eigenvalue weighted by Crippen LogP contribution is 2.24. The molecule has 0 aliphatic rings. The summed E-state index contributed by atoms with van der Waals surface area (Å²) in [5.74, 6) is -3.47. The fourth-order valence-corrected chi connectivity index (χ4v) is 1.82. The Bertz CT molecular complexity index is 740. The number of amides is 2. The summed E-state index contributed by atoms with van der Waals surface area (Å²) >= 11 is 10.7. The first-order valence-corrected chi connectivity index (χ1v) is 7.20. The summed E-state index contributed by atoms with van der Waals surface area (Å²) in [5, 5.41) is 4.39. The van der Waals surface area contributed by atoms with Gasteiger partial charge in [-0.1, -0.05) is 41.4 Å². The number of alkyl halides is 2. The van der Waals surface area contributed by atoms with E-state index in [1.165, 1.54) is 12.1 Å². The molecule has 23 heavy (non-hydrogen) atoms. The number of hydrogen-bond donors (Lipinski definition) is 2. The summed E-state index contributed by atoms with van der Waals surface area (Å²) in [6.45, 7) is 0. The Hall–Kier alpha value is -2.18. The first kappa shape index (κ1) is 17.2. The van der Waals surface area contributed by atoms with Gasteiger partial charge in [-0.2, -0.15) is 0 Å². The molecule has 8 heteroatoms. The molecule has 4 nitrogen and oxygen atoms in total. The number of nitrogens with one attached hydrogen (secondary N) is 2. The van der Waals surface area contributed by atoms with E-state index in [4.69, 9.17) is 23.2 Å². The van der Waals surface area contributed by atoms with Crippen LogP contribution in [0.5, 0.6) is 0 Å². The summed E-state index contributed by atoms with van der Waals surface area (Å²) in [4.78, 5) is 22.0. The molecule has 2 N–H and O–H groups in total. The van der Waals surface area contributed by atoms with Gasteiger partial charge in [0.1, 0.15) is 11.6 Å². The minimum absolute atomic E-state index is 0.295. The molecule has 2 rings (SSSR count). The van der Waals surface area contributed by atoms with E-state index in [1.54, 1.807) is 18.2 Å². The standard InChI is InChI=1S/C15H10Cl2F2N2O2/c16-13(17)15(23)21-12-7-11(9(18)6-10(12)19)20-14(22)8-4-2-1-3-5-8/h1-7,13H,(H,20,22)(H,21,23). The second-order valence-corrected chi connectivity index (χ2v) is 5.52. The van der Waals surface area contributed by atoms with Gasteiger partial charge in [0.15, 0.2) is 4.84 Å². The van der Waals surface area contributed by atoms with Crippen LogP contribution in [0.4, 0.5) is 20.2 Å². The third kappa shape index (κ3) is 4.40. The van der Waals surface area contributed by atoms with Crippen LogP contribution < -0.4 is 10.6 Å². The second kappa shape index (κ2) is 7.39. The number of rotatable bonds is 4. The van der Waals surface area contributed by atoms with Crippen LogP contribution in [0.1, 0.15) is 10.4 Å². The summed E-state index contributed by atoms with van der Waals surface area (Å²) in [7, 11) is 0. The van der Waals surface area contributed by atoms with Gasteiger partial charge in [0, 0.05) is 11.6 Å². The molecule has 0 heterocycles. The summed E-state index contributed by atoms with van der Waals surface area (Å²) in [6, 6.07) is 9.55. The van der Waals surface area contributed by atoms with Crippen LogP contribution in [0.15, 0.2) is 42.5 Å². The lowest BCUT2D eigenvalue weighted by molar-refractivity contribution is -0.114. The summed E-state index contributed by atoms with van der Waals surface area (Å²) in [5.41, 5.74) is -0.356. The van der Waals surface area contributed by atoms with E-state index in [0.717, 1.165) is 6.07 Å². The van der Waals surface area contributed by atoms with Crippen molar-refractivity contribution in [2.45, 2.75) is 4.84 Å². The van der Waals surface area contributed by atoms with E-state index in [0.29, 0.717) is 11.6 Å². The topological polar surface area (TPSA) is 58.2 Å². The van der Waals surface area contributed by atoms with Crippen molar-refractivity contribution in [1.29, 1.82) is 0 Å². The Morgan fingerprint density at radius 1 is 0.913 bits per heavy atom. The van der Waals surface area contributed by atoms with Crippen LogP contribution in [0.25, 0.3) is 0 Å². The second-order valence-electron chi connectivity index (χ2n) is 4.42. The molecule has 0 aliphatic heterocycles. The Balaban J connectivity index is 2.25. The minimum atomic E-state index is -1.41. The van der Waals surface area contributed by atoms with Gasteiger partial charge < -0.3 is 10.6 Å². The molecular formula is C15H10Cl2F2N2O2. The smallest absolute Gasteiger partial charge is 0.257 e. The normalized spacial score (nSPS) is 10.5. The molecule has 2 aromatic rings. The molecule has 120 valence electrons. The molecule has 2 amide bonds. The maximum absolute atomic E-state index is 13.8. The average molecular weight is 359 g/mol. The highest BCUT2D eigenvalue weighted by atomic mass is 35.5. The van der Waals surface area contributed by atoms with E-state index in [9.17, 15) is 18.4 Å². The molecule has 0 atom stereocenters. The highest BCUT2D eigenvalue weighted by Gasteiger charge is 2.17. The van der Waals surface area contributed by atoms with Gasteiger partial charge in [-0.3, -0.25) is 9.59 Å². The van der Waals surface area contributed by atoms with Crippen molar-refractivity contribution < 1.29 is 18.4 Å². The Kier molecular flexibility index (Phi) is 5.52. The van der Waals surface area contributed by atoms with Crippen molar-refractivity contribution in [3.05, 3.63) is 59.7 Å². The van der Waals surface area contributed by atoms with Gasteiger partial charge in [-0.05, 0) is 18.2 Å². The fourth-order valence-electron chi connectivity index (χ4n) is 1.71. The zero-order valence-electron chi connectivity index (χ0n) is 11.4. The number of carbonyl (C=O) groups is 2. The number of hydrogen-bond acceptors (Lipinski definition) is 2. The maximum Gasteiger partial charge on any atom is 0.257 e. The van der Waals surface area contributed by atoms with Gasteiger partial charge in [-0.15, -0.1) is 0 Å². The van der Waals surface area contributed by atoms with Gasteiger partial charge in [0.2, 0.25) is 0 Å². The molecule has 0 saturated carbocycles. The van der Waals surface area contributed by atoms with Crippen molar-refractivity contribution in [1.82, 2.24) is 0 Å². The maximum atomic E-state index is 13.8. The van der Waals surface area contributed by atoms with E-state index in [2.05, 4.69) is 10.6 Å². The molecule has 0 aromatic heterocycles. The van der Waals surface area contributed by atoms with Gasteiger partial charge in [-0.25, -0.2) is 8.78 Å². The number of carbonyl (C=O) groups excluding carboxylic acids is 2. The molecule has 0 bridgehead atoms. The predicted molar refractivity (Wildman–Crippen MR) is 84.9 cm³/mol. The predicted octanol–water partition coefficient (Wildman–Crippen LogP) is 3.96. The molecular weight excluding hydrogens is 349 g/mol. The van der Waals surface area contributed by atoms with Crippen molar-refractivity contribution in [3.8, 4) is 0 Å². The monoisotopic (exact) mass is 358 g/mol. The lowest BCUT2D eigenvalue weighted by atomic mass is 10.2. The van der Waals surface area contributed by atoms with E-state index in [-0.39, 0.29) is 11.4 Å². The Morgan fingerprint density at radius 3 is 2.04 bits per heavy atom. The quantitative estimate of drug-likeness (QED) is 0.812. The molecule has 0 unspecified atom stereocenters. The number of halogens is 4. The van der Waals surface area contributed by atoms with Crippen LogP contribution >= 0.6 is 23.2 Å². The van der Waals surface area contributed by atoms with Crippen molar-refractivity contribution in [2.24, 2.45) is 0 Å². The van der Waals surface area contributed by atoms with Gasteiger partial charge in [0.25, 0.3) is 11.8 Å². The zero-order chi connectivity index (χ0) is 17.0. The average Bonchev–Trinajstić information content (AvgIpc) is 2.52. The summed E-state index contributed by atoms with van der Waals surface area (Å²) in [6.07, 6.45) is 0. The number of anilines is 2. The van der Waals surface area contributed by atoms with Crippen LogP contribution in [0.3, 0.4) is 0 Å². The Morgan fingerprint density at radius 2 is 1.48 bits per heavy atom. The summed E-state index contributed by atoms with van der Waals surface area (Å²) < 4.78 is 27.4. The molecule has 0 aliphatic carbocycles. The lowest BCUT2D eigenvalue weighted by Gasteiger charge is -2.11. The van der Waals surface area contributed by atoms with E-state index < -0.39 is 28.3 Å². The Labute approximate surface area is 140 Å². The van der Waals surface area contributed by atoms with Crippen molar-refractivity contribution in [2.75, 3.05) is 10.6 Å². The molecule has 0 saturated heterocycles. The zero-order valence-corrected chi connectivity index (χ0v) is 13.0. The number of benzene rings is 2. The van der Waals surface area contributed by atoms with Crippen LogP contribution in [0.2, 0.25) is 0 Å². The lowest BCUT2D eigenvalue weighted by Crippen LogP contribution is -2.20. The van der Waals surface area contributed by atoms with Crippen LogP contribution in [-0.2, 0) is 4.79 Å². The first-order chi connectivity index (χ1) is 10.9. The fraction of sp³-hybridized carbons (Fsp3) is 0.0667. The minimum Gasteiger partial charge on any atom is -0.321 e. The largest absolute Gasteiger partial charge is 0.321 e. The molecule has 0 radical (unpaired) electrons. The molecule has 0 fully saturated rings. The highest BCUT2D eigenvalue weighted by molar-refractivity contribution is 6.54.